The molecule has 7 atom stereocenters. The predicted octanol–water partition coefficient (Wildman–Crippen LogP) is 3.91. The fraction of sp³-hybridized carbons (Fsp3) is 0.750. The fourth-order valence-corrected chi connectivity index (χ4v) is 7.80. The number of carbonyl (C=O) groups excluding carboxylic acids is 1. The van der Waals surface area contributed by atoms with E-state index in [2.05, 4.69) is 36.3 Å². The van der Waals surface area contributed by atoms with E-state index in [4.69, 9.17) is 11.3 Å². The smallest absolute Gasteiger partial charge is 0.326 e. The molecule has 4 aliphatic carbocycles. The molecule has 0 saturated heterocycles. The van der Waals surface area contributed by atoms with E-state index in [9.17, 15) is 19.8 Å². The number of nitrogens with zero attached hydrogens (tertiary/aromatic N) is 1. The third-order valence-electron chi connectivity index (χ3n) is 9.99. The summed E-state index contributed by atoms with van der Waals surface area (Å²) in [4.78, 5) is 28.7. The van der Waals surface area contributed by atoms with E-state index < -0.39 is 23.5 Å². The van der Waals surface area contributed by atoms with Gasteiger partial charge < -0.3 is 20.4 Å². The normalized spacial score (nSPS) is 40.1. The molecule has 1 amide bonds. The SMILES string of the molecule is C#C[C@@]1(O)CC[C@H]2[C@@H]3CCC4=CC(=NOCC(=O)N[C@@H](C(=O)O)C(C)C)CC[C@]4(C)[C@H]3CC[C@@]21C. The lowest BCUT2D eigenvalue weighted by Gasteiger charge is -2.58. The number of rotatable bonds is 6. The van der Waals surface area contributed by atoms with E-state index in [-0.39, 0.29) is 23.4 Å². The number of nitrogens with one attached hydrogen (secondary N) is 1. The van der Waals surface area contributed by atoms with Crippen molar-refractivity contribution < 1.29 is 24.6 Å². The van der Waals surface area contributed by atoms with Crippen LogP contribution in [0.5, 0.6) is 0 Å². The summed E-state index contributed by atoms with van der Waals surface area (Å²) in [7, 11) is 0. The average molecular weight is 485 g/mol. The summed E-state index contributed by atoms with van der Waals surface area (Å²) >= 11 is 0. The largest absolute Gasteiger partial charge is 0.480 e. The molecule has 4 rings (SSSR count). The number of terminal acetylenes is 1. The first kappa shape index (κ1) is 25.8. The van der Waals surface area contributed by atoms with E-state index >= 15 is 0 Å². The molecule has 0 radical (unpaired) electrons. The molecule has 4 aliphatic rings. The van der Waals surface area contributed by atoms with Gasteiger partial charge in [-0.2, -0.15) is 0 Å². The second-order valence-electron chi connectivity index (χ2n) is 12.0. The Morgan fingerprint density at radius 1 is 1.20 bits per heavy atom. The second kappa shape index (κ2) is 9.28. The van der Waals surface area contributed by atoms with Crippen molar-refractivity contribution in [2.75, 3.05) is 6.61 Å². The molecule has 0 aromatic heterocycles. The first-order chi connectivity index (χ1) is 16.4. The molecular formula is C28H40N2O5. The van der Waals surface area contributed by atoms with Gasteiger partial charge in [0.15, 0.2) is 6.61 Å². The van der Waals surface area contributed by atoms with Crippen LogP contribution in [0.4, 0.5) is 0 Å². The van der Waals surface area contributed by atoms with Gasteiger partial charge in [-0.1, -0.05) is 44.3 Å². The summed E-state index contributed by atoms with van der Waals surface area (Å²) in [5.74, 6) is 2.62. The van der Waals surface area contributed by atoms with Crippen molar-refractivity contribution in [3.8, 4) is 12.3 Å². The van der Waals surface area contributed by atoms with Gasteiger partial charge in [0.2, 0.25) is 0 Å². The third-order valence-corrected chi connectivity index (χ3v) is 9.99. The fourth-order valence-electron chi connectivity index (χ4n) is 7.80. The van der Waals surface area contributed by atoms with Gasteiger partial charge in [-0.15, -0.1) is 6.42 Å². The van der Waals surface area contributed by atoms with Gasteiger partial charge in [0.1, 0.15) is 11.6 Å². The van der Waals surface area contributed by atoms with Crippen LogP contribution in [0.1, 0.15) is 79.1 Å². The highest BCUT2D eigenvalue weighted by Crippen LogP contribution is 2.67. The molecule has 0 heterocycles. The Labute approximate surface area is 208 Å². The Hall–Kier alpha value is -2.33. The van der Waals surface area contributed by atoms with Crippen LogP contribution in [0.15, 0.2) is 16.8 Å². The molecule has 0 unspecified atom stereocenters. The summed E-state index contributed by atoms with van der Waals surface area (Å²) in [6, 6.07) is -0.944. The van der Waals surface area contributed by atoms with Gasteiger partial charge in [-0.25, -0.2) is 4.79 Å². The molecule has 0 bridgehead atoms. The summed E-state index contributed by atoms with van der Waals surface area (Å²) < 4.78 is 0. The molecular weight excluding hydrogens is 444 g/mol. The van der Waals surface area contributed by atoms with Crippen molar-refractivity contribution in [1.82, 2.24) is 5.32 Å². The molecule has 7 nitrogen and oxygen atoms in total. The van der Waals surface area contributed by atoms with Gasteiger partial charge in [0.05, 0.1) is 5.71 Å². The number of carboxylic acids is 1. The average Bonchev–Trinajstić information content (AvgIpc) is 3.08. The number of oxime groups is 1. The topological polar surface area (TPSA) is 108 Å². The van der Waals surface area contributed by atoms with E-state index in [1.807, 2.05) is 0 Å². The van der Waals surface area contributed by atoms with Crippen LogP contribution < -0.4 is 5.32 Å². The predicted molar refractivity (Wildman–Crippen MR) is 133 cm³/mol. The van der Waals surface area contributed by atoms with Crippen LogP contribution in [0, 0.1) is 46.8 Å². The number of fused-ring (bicyclic) bond motifs is 5. The van der Waals surface area contributed by atoms with Crippen molar-refractivity contribution in [2.24, 2.45) is 39.7 Å². The van der Waals surface area contributed by atoms with Gasteiger partial charge in [0, 0.05) is 5.41 Å². The molecule has 192 valence electrons. The van der Waals surface area contributed by atoms with Crippen LogP contribution in [0.2, 0.25) is 0 Å². The number of allylic oxidation sites excluding steroid dienone is 2. The van der Waals surface area contributed by atoms with Gasteiger partial charge >= 0.3 is 5.97 Å². The molecule has 7 heteroatoms. The van der Waals surface area contributed by atoms with Crippen LogP contribution in [0.3, 0.4) is 0 Å². The standard InChI is InChI=1S/C28H40N2O5/c1-6-28(34)14-11-22-20-8-7-18-15-19(9-12-26(18,4)21(20)10-13-27(22,28)5)30-35-16-23(31)29-24(17(2)3)25(32)33/h1,15,17,20-22,24,34H,7-14,16H2,2-5H3,(H,29,31)(H,32,33)/t20-,21+,22+,24-,26+,27+,28-/m1/s1. The zero-order valence-corrected chi connectivity index (χ0v) is 21.5. The van der Waals surface area contributed by atoms with Gasteiger partial charge in [0.25, 0.3) is 5.91 Å². The first-order valence-electron chi connectivity index (χ1n) is 13.1. The highest BCUT2D eigenvalue weighted by Gasteiger charge is 2.63. The van der Waals surface area contributed by atoms with Gasteiger partial charge in [-0.05, 0) is 86.5 Å². The Kier molecular flexibility index (Phi) is 6.83. The Balaban J connectivity index is 1.41. The second-order valence-corrected chi connectivity index (χ2v) is 12.0. The van der Waals surface area contributed by atoms with Crippen molar-refractivity contribution in [1.29, 1.82) is 0 Å². The van der Waals surface area contributed by atoms with Crippen LogP contribution in [-0.2, 0) is 14.4 Å². The number of aliphatic hydroxyl groups is 1. The first-order valence-corrected chi connectivity index (χ1v) is 13.1. The maximum absolute atomic E-state index is 12.1. The number of aliphatic carboxylic acids is 1. The van der Waals surface area contributed by atoms with Crippen molar-refractivity contribution in [2.45, 2.75) is 90.7 Å². The maximum atomic E-state index is 12.1. The molecule has 0 aliphatic heterocycles. The minimum atomic E-state index is -1.06. The highest BCUT2D eigenvalue weighted by atomic mass is 16.6. The molecule has 3 saturated carbocycles. The zero-order chi connectivity index (χ0) is 25.6. The summed E-state index contributed by atoms with van der Waals surface area (Å²) in [5, 5.41) is 27.1. The number of amides is 1. The molecule has 3 N–H and O–H groups in total. The molecule has 35 heavy (non-hydrogen) atoms. The van der Waals surface area contributed by atoms with E-state index in [1.165, 1.54) is 5.57 Å². The van der Waals surface area contributed by atoms with Crippen molar-refractivity contribution in [3.63, 3.8) is 0 Å². The van der Waals surface area contributed by atoms with Crippen molar-refractivity contribution in [3.05, 3.63) is 11.6 Å². The Bertz CT molecular complexity index is 980. The monoisotopic (exact) mass is 484 g/mol. The highest BCUT2D eigenvalue weighted by molar-refractivity contribution is 5.96. The number of hydrogen-bond acceptors (Lipinski definition) is 5. The minimum Gasteiger partial charge on any atom is -0.480 e. The Morgan fingerprint density at radius 3 is 2.57 bits per heavy atom. The minimum absolute atomic E-state index is 0.115. The lowest BCUT2D eigenvalue weighted by molar-refractivity contribution is -0.143. The maximum Gasteiger partial charge on any atom is 0.326 e. The summed E-state index contributed by atoms with van der Waals surface area (Å²) in [6.07, 6.45) is 15.6. The molecule has 0 spiro atoms. The zero-order valence-electron chi connectivity index (χ0n) is 21.5. The lowest BCUT2D eigenvalue weighted by atomic mass is 9.46. The lowest BCUT2D eigenvalue weighted by Crippen LogP contribution is -2.54. The number of carbonyl (C=O) groups is 2. The third kappa shape index (κ3) is 4.28. The Morgan fingerprint density at radius 2 is 1.91 bits per heavy atom. The van der Waals surface area contributed by atoms with Gasteiger partial charge in [-0.3, -0.25) is 4.79 Å². The van der Waals surface area contributed by atoms with Crippen LogP contribution in [-0.4, -0.2) is 46.1 Å². The van der Waals surface area contributed by atoms with E-state index in [0.717, 1.165) is 50.7 Å². The summed E-state index contributed by atoms with van der Waals surface area (Å²) in [6.45, 7) is 7.80. The quantitative estimate of drug-likeness (QED) is 0.391. The molecule has 3 fully saturated rings. The van der Waals surface area contributed by atoms with E-state index in [0.29, 0.717) is 24.2 Å². The summed E-state index contributed by atoms with van der Waals surface area (Å²) in [5.41, 5.74) is 1.20. The molecule has 0 aromatic carbocycles. The molecule has 0 aromatic rings. The van der Waals surface area contributed by atoms with Crippen LogP contribution >= 0.6 is 0 Å². The number of hydrogen-bond donors (Lipinski definition) is 3. The van der Waals surface area contributed by atoms with Crippen LogP contribution in [0.25, 0.3) is 0 Å². The number of carboxylic acid groups (broad SMARTS) is 1. The van der Waals surface area contributed by atoms with Crippen molar-refractivity contribution >= 4 is 17.6 Å². The van der Waals surface area contributed by atoms with E-state index in [1.54, 1.807) is 13.8 Å².